The van der Waals surface area contributed by atoms with Gasteiger partial charge in [-0.2, -0.15) is 5.10 Å². The molecule has 2 aromatic heterocycles. The van der Waals surface area contributed by atoms with Crippen molar-refractivity contribution >= 4 is 21.2 Å². The van der Waals surface area contributed by atoms with Gasteiger partial charge < -0.3 is 4.74 Å². The third-order valence-electron chi connectivity index (χ3n) is 4.64. The first-order valence-electron chi connectivity index (χ1n) is 8.19. The fourth-order valence-electron chi connectivity index (χ4n) is 3.33. The molecule has 2 aliphatic rings. The van der Waals surface area contributed by atoms with Crippen molar-refractivity contribution in [3.05, 3.63) is 16.2 Å². The zero-order valence-electron chi connectivity index (χ0n) is 13.5. The number of sulfone groups is 1. The topological polar surface area (TPSA) is 87.0 Å². The van der Waals surface area contributed by atoms with E-state index >= 15 is 0 Å². The lowest BCUT2D eigenvalue weighted by Gasteiger charge is -2.19. The van der Waals surface area contributed by atoms with E-state index in [9.17, 15) is 8.42 Å². The Balaban J connectivity index is 1.73. The van der Waals surface area contributed by atoms with Crippen LogP contribution in [0.2, 0.25) is 0 Å². The molecule has 0 aromatic carbocycles. The van der Waals surface area contributed by atoms with Crippen LogP contribution < -0.4 is 0 Å². The Bertz CT molecular complexity index is 837. The molecule has 1 atom stereocenters. The molecule has 2 saturated heterocycles. The summed E-state index contributed by atoms with van der Waals surface area (Å²) in [5.74, 6) is 2.13. The van der Waals surface area contributed by atoms with E-state index in [1.54, 1.807) is 11.3 Å². The number of aryl methyl sites for hydroxylation is 1. The first kappa shape index (κ1) is 16.2. The Labute approximate surface area is 145 Å². The molecular weight excluding hydrogens is 348 g/mol. The first-order valence-corrected chi connectivity index (χ1v) is 10.9. The minimum absolute atomic E-state index is 0.139. The van der Waals surface area contributed by atoms with Crippen LogP contribution in [0.3, 0.4) is 0 Å². The van der Waals surface area contributed by atoms with Crippen LogP contribution in [0.1, 0.15) is 42.1 Å². The van der Waals surface area contributed by atoms with Gasteiger partial charge in [-0.15, -0.1) is 11.3 Å². The van der Waals surface area contributed by atoms with Crippen LogP contribution in [-0.4, -0.2) is 52.9 Å². The summed E-state index contributed by atoms with van der Waals surface area (Å²) in [6, 6.07) is -0.145. The number of thiazole rings is 1. The summed E-state index contributed by atoms with van der Waals surface area (Å²) < 4.78 is 31.0. The Morgan fingerprint density at radius 2 is 2.04 bits per heavy atom. The van der Waals surface area contributed by atoms with Crippen molar-refractivity contribution in [3.8, 4) is 11.5 Å². The van der Waals surface area contributed by atoms with E-state index in [4.69, 9.17) is 14.8 Å². The van der Waals surface area contributed by atoms with Crippen molar-refractivity contribution in [2.45, 2.75) is 38.1 Å². The maximum Gasteiger partial charge on any atom is 0.178 e. The van der Waals surface area contributed by atoms with Crippen molar-refractivity contribution in [2.24, 2.45) is 0 Å². The van der Waals surface area contributed by atoms with E-state index in [0.717, 1.165) is 42.6 Å². The molecule has 24 heavy (non-hydrogen) atoms. The minimum atomic E-state index is -2.98. The quantitative estimate of drug-likeness (QED) is 0.823. The standard InChI is InChI=1S/C15H20N4O3S2/c1-10-16-13(8-23-10)15-17-14(11-2-5-22-6-3-11)18-19(15)12-4-7-24(20,21)9-12/h8,11-12H,2-7,9H2,1H3. The highest BCUT2D eigenvalue weighted by Gasteiger charge is 2.33. The molecule has 0 radical (unpaired) electrons. The van der Waals surface area contributed by atoms with E-state index < -0.39 is 9.84 Å². The van der Waals surface area contributed by atoms with Crippen LogP contribution in [0.5, 0.6) is 0 Å². The number of nitrogens with zero attached hydrogens (tertiary/aromatic N) is 4. The minimum Gasteiger partial charge on any atom is -0.381 e. The predicted octanol–water partition coefficient (Wildman–Crippen LogP) is 1.96. The average molecular weight is 368 g/mol. The summed E-state index contributed by atoms with van der Waals surface area (Å²) in [5, 5.41) is 7.65. The smallest absolute Gasteiger partial charge is 0.178 e. The number of aromatic nitrogens is 4. The monoisotopic (exact) mass is 368 g/mol. The molecule has 0 spiro atoms. The van der Waals surface area contributed by atoms with Crippen LogP contribution >= 0.6 is 11.3 Å². The van der Waals surface area contributed by atoms with Gasteiger partial charge in [0.25, 0.3) is 0 Å². The molecule has 0 amide bonds. The third kappa shape index (κ3) is 3.12. The average Bonchev–Trinajstić information content (AvgIpc) is 3.26. The highest BCUT2D eigenvalue weighted by molar-refractivity contribution is 7.91. The zero-order chi connectivity index (χ0) is 16.7. The predicted molar refractivity (Wildman–Crippen MR) is 91.0 cm³/mol. The summed E-state index contributed by atoms with van der Waals surface area (Å²) in [7, 11) is -2.98. The van der Waals surface area contributed by atoms with Crippen molar-refractivity contribution < 1.29 is 13.2 Å². The summed E-state index contributed by atoms with van der Waals surface area (Å²) in [6.45, 7) is 3.40. The maximum atomic E-state index is 11.9. The number of hydrogen-bond donors (Lipinski definition) is 0. The molecule has 2 aliphatic heterocycles. The molecule has 130 valence electrons. The van der Waals surface area contributed by atoms with Gasteiger partial charge in [-0.1, -0.05) is 0 Å². The summed E-state index contributed by atoms with van der Waals surface area (Å²) in [4.78, 5) is 9.28. The molecular formula is C15H20N4O3S2. The molecule has 2 aromatic rings. The van der Waals surface area contributed by atoms with Gasteiger partial charge in [-0.05, 0) is 26.2 Å². The van der Waals surface area contributed by atoms with Crippen LogP contribution in [-0.2, 0) is 14.6 Å². The van der Waals surface area contributed by atoms with Crippen molar-refractivity contribution in [2.75, 3.05) is 24.7 Å². The van der Waals surface area contributed by atoms with Crippen molar-refractivity contribution in [3.63, 3.8) is 0 Å². The van der Waals surface area contributed by atoms with E-state index in [0.29, 0.717) is 12.2 Å². The third-order valence-corrected chi connectivity index (χ3v) is 7.16. The maximum absolute atomic E-state index is 11.9. The molecule has 9 heteroatoms. The second kappa shape index (κ2) is 6.20. The lowest BCUT2D eigenvalue weighted by molar-refractivity contribution is 0.0835. The zero-order valence-corrected chi connectivity index (χ0v) is 15.1. The van der Waals surface area contributed by atoms with Crippen molar-refractivity contribution in [1.29, 1.82) is 0 Å². The molecule has 2 fully saturated rings. The van der Waals surface area contributed by atoms with Gasteiger partial charge in [0.1, 0.15) is 5.69 Å². The van der Waals surface area contributed by atoms with Gasteiger partial charge in [-0.3, -0.25) is 0 Å². The fourth-order valence-corrected chi connectivity index (χ4v) is 5.62. The molecule has 0 bridgehead atoms. The Kier molecular flexibility index (Phi) is 4.17. The lowest BCUT2D eigenvalue weighted by Crippen LogP contribution is -2.17. The highest BCUT2D eigenvalue weighted by Crippen LogP contribution is 2.32. The summed E-state index contributed by atoms with van der Waals surface area (Å²) in [5.41, 5.74) is 0.785. The highest BCUT2D eigenvalue weighted by atomic mass is 32.2. The SMILES string of the molecule is Cc1nc(-c2nc(C3CCOCC3)nn2C2CCS(=O)(=O)C2)cs1. The largest absolute Gasteiger partial charge is 0.381 e. The van der Waals surface area contributed by atoms with E-state index in [2.05, 4.69) is 4.98 Å². The Morgan fingerprint density at radius 3 is 2.67 bits per heavy atom. The molecule has 7 nitrogen and oxygen atoms in total. The number of rotatable bonds is 3. The number of ether oxygens (including phenoxy) is 1. The molecule has 1 unspecified atom stereocenters. The normalized spacial score (nSPS) is 24.5. The molecule has 0 saturated carbocycles. The Hall–Kier alpha value is -1.32. The molecule has 4 heterocycles. The van der Waals surface area contributed by atoms with Crippen LogP contribution in [0.4, 0.5) is 0 Å². The molecule has 0 N–H and O–H groups in total. The second-order valence-corrected chi connectivity index (χ2v) is 9.72. The van der Waals surface area contributed by atoms with Gasteiger partial charge in [0, 0.05) is 24.5 Å². The Morgan fingerprint density at radius 1 is 1.25 bits per heavy atom. The molecule has 4 rings (SSSR count). The lowest BCUT2D eigenvalue weighted by atomic mass is 10.00. The van der Waals surface area contributed by atoms with Gasteiger partial charge in [0.15, 0.2) is 21.5 Å². The second-order valence-electron chi connectivity index (χ2n) is 6.43. The van der Waals surface area contributed by atoms with Gasteiger partial charge in [-0.25, -0.2) is 23.1 Å². The summed E-state index contributed by atoms with van der Waals surface area (Å²) >= 11 is 1.56. The van der Waals surface area contributed by atoms with E-state index in [-0.39, 0.29) is 23.5 Å². The fraction of sp³-hybridized carbons (Fsp3) is 0.667. The first-order chi connectivity index (χ1) is 11.5. The van der Waals surface area contributed by atoms with Gasteiger partial charge in [0.2, 0.25) is 0 Å². The van der Waals surface area contributed by atoms with Crippen molar-refractivity contribution in [1.82, 2.24) is 19.7 Å². The van der Waals surface area contributed by atoms with Gasteiger partial charge >= 0.3 is 0 Å². The summed E-state index contributed by atoms with van der Waals surface area (Å²) in [6.07, 6.45) is 2.40. The van der Waals surface area contributed by atoms with Gasteiger partial charge in [0.05, 0.1) is 22.6 Å². The number of hydrogen-bond acceptors (Lipinski definition) is 7. The van der Waals surface area contributed by atoms with Crippen LogP contribution in [0.15, 0.2) is 5.38 Å². The van der Waals surface area contributed by atoms with Crippen LogP contribution in [0.25, 0.3) is 11.5 Å². The molecule has 0 aliphatic carbocycles. The van der Waals surface area contributed by atoms with E-state index in [1.807, 2.05) is 17.0 Å². The van der Waals surface area contributed by atoms with Crippen LogP contribution in [0, 0.1) is 6.92 Å². The van der Waals surface area contributed by atoms with E-state index in [1.165, 1.54) is 0 Å².